The first kappa shape index (κ1) is 16.9. The molecule has 0 aliphatic heterocycles. The Hall–Kier alpha value is -3.46. The first-order valence-corrected chi connectivity index (χ1v) is 6.81. The van der Waals surface area contributed by atoms with Crippen LogP contribution in [0.5, 0.6) is 11.5 Å². The summed E-state index contributed by atoms with van der Waals surface area (Å²) in [5.74, 6) is 3.81. The highest BCUT2D eigenvalue weighted by Crippen LogP contribution is 2.21. The van der Waals surface area contributed by atoms with Crippen LogP contribution in [0.1, 0.15) is 31.8 Å². The third-order valence-electron chi connectivity index (χ3n) is 3.16. The van der Waals surface area contributed by atoms with E-state index in [4.69, 9.17) is 0 Å². The first-order valence-electron chi connectivity index (χ1n) is 6.81. The summed E-state index contributed by atoms with van der Waals surface area (Å²) >= 11 is 0. The number of phenolic OH excluding ortho intramolecular Hbond substituents is 2. The summed E-state index contributed by atoms with van der Waals surface area (Å²) in [5.41, 5.74) is 1.03. The number of carbonyl (C=O) groups excluding carboxylic acids is 2. The Morgan fingerprint density at radius 2 is 1.17 bits per heavy atom. The van der Waals surface area contributed by atoms with Crippen molar-refractivity contribution in [2.75, 3.05) is 14.2 Å². The zero-order valence-electron chi connectivity index (χ0n) is 13.0. The monoisotopic (exact) mass is 326 g/mol. The Balaban J connectivity index is 2.27. The summed E-state index contributed by atoms with van der Waals surface area (Å²) in [6, 6.07) is 8.60. The molecule has 122 valence electrons. The second-order valence-electron chi connectivity index (χ2n) is 4.70. The van der Waals surface area contributed by atoms with Gasteiger partial charge in [-0.15, -0.1) is 0 Å². The van der Waals surface area contributed by atoms with Crippen molar-refractivity contribution in [3.05, 3.63) is 58.7 Å². The van der Waals surface area contributed by atoms with E-state index in [0.717, 1.165) is 0 Å². The van der Waals surface area contributed by atoms with E-state index in [1.54, 1.807) is 12.1 Å². The summed E-state index contributed by atoms with van der Waals surface area (Å²) < 4.78 is 9.08. The molecule has 2 N–H and O–H groups in total. The molecule has 6 nitrogen and oxygen atoms in total. The molecule has 24 heavy (non-hydrogen) atoms. The maximum absolute atomic E-state index is 11.4. The predicted molar refractivity (Wildman–Crippen MR) is 84.9 cm³/mol. The molecule has 0 heterocycles. The van der Waals surface area contributed by atoms with Crippen molar-refractivity contribution in [2.45, 2.75) is 0 Å². The standard InChI is InChI=1S/C18H14O6/c1-23-17(21)13-7-5-11(9-15(13)19)3-4-12-6-8-14(16(20)10-12)18(22)24-2/h5-10,19-20H,1-2H3. The molecule has 0 fully saturated rings. The van der Waals surface area contributed by atoms with Crippen LogP contribution in [0.2, 0.25) is 0 Å². The number of carbonyl (C=O) groups is 2. The first-order chi connectivity index (χ1) is 11.5. The maximum atomic E-state index is 11.4. The summed E-state index contributed by atoms with van der Waals surface area (Å²) in [5, 5.41) is 19.6. The van der Waals surface area contributed by atoms with Crippen molar-refractivity contribution in [3.8, 4) is 23.3 Å². The fourth-order valence-electron chi connectivity index (χ4n) is 1.93. The van der Waals surface area contributed by atoms with E-state index >= 15 is 0 Å². The average Bonchev–Trinajstić information content (AvgIpc) is 2.58. The van der Waals surface area contributed by atoms with Gasteiger partial charge in [0, 0.05) is 11.1 Å². The highest BCUT2D eigenvalue weighted by Gasteiger charge is 2.12. The molecular weight excluding hydrogens is 312 g/mol. The number of methoxy groups -OCH3 is 2. The molecule has 0 saturated carbocycles. The van der Waals surface area contributed by atoms with Crippen molar-refractivity contribution in [2.24, 2.45) is 0 Å². The van der Waals surface area contributed by atoms with Gasteiger partial charge in [0.1, 0.15) is 22.6 Å². The minimum atomic E-state index is -0.643. The van der Waals surface area contributed by atoms with E-state index in [9.17, 15) is 19.8 Å². The zero-order valence-corrected chi connectivity index (χ0v) is 13.0. The minimum absolute atomic E-state index is 0.0446. The second kappa shape index (κ2) is 7.20. The van der Waals surface area contributed by atoms with Gasteiger partial charge in [0.05, 0.1) is 14.2 Å². The SMILES string of the molecule is COC(=O)c1ccc(C#Cc2ccc(C(=O)OC)c(O)c2)cc1O. The van der Waals surface area contributed by atoms with Crippen LogP contribution >= 0.6 is 0 Å². The average molecular weight is 326 g/mol. The zero-order chi connectivity index (χ0) is 17.7. The molecule has 2 rings (SSSR count). The van der Waals surface area contributed by atoms with Crippen LogP contribution in [-0.2, 0) is 9.47 Å². The van der Waals surface area contributed by atoms with Gasteiger partial charge < -0.3 is 19.7 Å². The van der Waals surface area contributed by atoms with Crippen LogP contribution < -0.4 is 0 Å². The maximum Gasteiger partial charge on any atom is 0.341 e. The van der Waals surface area contributed by atoms with Gasteiger partial charge in [0.15, 0.2) is 0 Å². The summed E-state index contributed by atoms with van der Waals surface area (Å²) in [6.45, 7) is 0. The van der Waals surface area contributed by atoms with Crippen LogP contribution in [0, 0.1) is 11.8 Å². The quantitative estimate of drug-likeness (QED) is 0.648. The molecule has 2 aromatic carbocycles. The molecule has 0 amide bonds. The number of hydrogen-bond acceptors (Lipinski definition) is 6. The van der Waals surface area contributed by atoms with E-state index in [1.807, 2.05) is 0 Å². The lowest BCUT2D eigenvalue weighted by Gasteiger charge is -2.03. The lowest BCUT2D eigenvalue weighted by atomic mass is 10.1. The molecule has 0 aromatic heterocycles. The molecule has 0 saturated heterocycles. The fourth-order valence-corrected chi connectivity index (χ4v) is 1.93. The molecule has 0 radical (unpaired) electrons. The van der Waals surface area contributed by atoms with Gasteiger partial charge in [-0.2, -0.15) is 0 Å². The van der Waals surface area contributed by atoms with Gasteiger partial charge in [0.25, 0.3) is 0 Å². The summed E-state index contributed by atoms with van der Waals surface area (Å²) in [4.78, 5) is 22.8. The molecule has 0 bridgehead atoms. The van der Waals surface area contributed by atoms with Crippen LogP contribution in [0.3, 0.4) is 0 Å². The van der Waals surface area contributed by atoms with E-state index < -0.39 is 11.9 Å². The molecule has 6 heteroatoms. The third kappa shape index (κ3) is 3.65. The predicted octanol–water partition coefficient (Wildman–Crippen LogP) is 2.07. The van der Waals surface area contributed by atoms with Gasteiger partial charge in [-0.05, 0) is 36.4 Å². The van der Waals surface area contributed by atoms with Gasteiger partial charge in [0.2, 0.25) is 0 Å². The summed E-state index contributed by atoms with van der Waals surface area (Å²) in [6.07, 6.45) is 0. The van der Waals surface area contributed by atoms with Gasteiger partial charge >= 0.3 is 11.9 Å². The molecule has 2 aromatic rings. The van der Waals surface area contributed by atoms with Crippen LogP contribution in [0.25, 0.3) is 0 Å². The van der Waals surface area contributed by atoms with Crippen molar-refractivity contribution < 1.29 is 29.3 Å². The van der Waals surface area contributed by atoms with Crippen molar-refractivity contribution in [1.82, 2.24) is 0 Å². The molecule has 0 aliphatic carbocycles. The molecule has 0 atom stereocenters. The summed E-state index contributed by atoms with van der Waals surface area (Å²) in [7, 11) is 2.44. The Morgan fingerprint density at radius 3 is 1.46 bits per heavy atom. The number of rotatable bonds is 2. The van der Waals surface area contributed by atoms with Crippen molar-refractivity contribution >= 4 is 11.9 Å². The normalized spacial score (nSPS) is 9.58. The highest BCUT2D eigenvalue weighted by atomic mass is 16.5. The molecule has 0 unspecified atom stereocenters. The van der Waals surface area contributed by atoms with Gasteiger partial charge in [-0.3, -0.25) is 0 Å². The van der Waals surface area contributed by atoms with Crippen LogP contribution in [0.4, 0.5) is 0 Å². The van der Waals surface area contributed by atoms with E-state index in [-0.39, 0.29) is 22.6 Å². The molecular formula is C18H14O6. The molecule has 0 aliphatic rings. The fraction of sp³-hybridized carbons (Fsp3) is 0.111. The molecule has 0 spiro atoms. The number of aromatic hydroxyl groups is 2. The number of phenols is 2. The second-order valence-corrected chi connectivity index (χ2v) is 4.70. The van der Waals surface area contributed by atoms with Gasteiger partial charge in [-0.25, -0.2) is 9.59 Å². The minimum Gasteiger partial charge on any atom is -0.507 e. The van der Waals surface area contributed by atoms with Crippen LogP contribution in [-0.4, -0.2) is 36.4 Å². The Labute approximate surface area is 138 Å². The smallest absolute Gasteiger partial charge is 0.341 e. The van der Waals surface area contributed by atoms with Crippen LogP contribution in [0.15, 0.2) is 36.4 Å². The third-order valence-corrected chi connectivity index (χ3v) is 3.16. The topological polar surface area (TPSA) is 93.1 Å². The lowest BCUT2D eigenvalue weighted by molar-refractivity contribution is 0.0588. The number of hydrogen-bond donors (Lipinski definition) is 2. The number of benzene rings is 2. The Kier molecular flexibility index (Phi) is 5.07. The lowest BCUT2D eigenvalue weighted by Crippen LogP contribution is -2.01. The van der Waals surface area contributed by atoms with Crippen molar-refractivity contribution in [1.29, 1.82) is 0 Å². The number of ether oxygens (including phenoxy) is 2. The largest absolute Gasteiger partial charge is 0.507 e. The highest BCUT2D eigenvalue weighted by molar-refractivity contribution is 5.93. The van der Waals surface area contributed by atoms with E-state index in [2.05, 4.69) is 21.3 Å². The van der Waals surface area contributed by atoms with E-state index in [1.165, 1.54) is 38.5 Å². The Morgan fingerprint density at radius 1 is 0.792 bits per heavy atom. The van der Waals surface area contributed by atoms with Crippen molar-refractivity contribution in [3.63, 3.8) is 0 Å². The van der Waals surface area contributed by atoms with E-state index in [0.29, 0.717) is 11.1 Å². The van der Waals surface area contributed by atoms with Gasteiger partial charge in [-0.1, -0.05) is 11.8 Å². The number of esters is 2. The Bertz CT molecular complexity index is 788.